The molecule has 0 amide bonds. The molecule has 0 fully saturated rings. The predicted octanol–water partition coefficient (Wildman–Crippen LogP) is 4.17. The number of fused-ring (bicyclic) bond motifs is 1. The first-order valence-corrected chi connectivity index (χ1v) is 7.34. The molecule has 1 aromatic heterocycles. The van der Waals surface area contributed by atoms with Crippen molar-refractivity contribution in [3.8, 4) is 0 Å². The van der Waals surface area contributed by atoms with E-state index in [1.807, 2.05) is 39.0 Å². The minimum absolute atomic E-state index is 0.00933. The van der Waals surface area contributed by atoms with Gasteiger partial charge in [-0.05, 0) is 44.0 Å². The Labute approximate surface area is 133 Å². The van der Waals surface area contributed by atoms with Crippen molar-refractivity contribution in [2.75, 3.05) is 0 Å². The summed E-state index contributed by atoms with van der Waals surface area (Å²) in [5, 5.41) is 10.5. The zero-order valence-corrected chi connectivity index (χ0v) is 13.3. The molecular formula is C19H17NO3. The third-order valence-electron chi connectivity index (χ3n) is 3.72. The van der Waals surface area contributed by atoms with E-state index in [1.54, 1.807) is 18.2 Å². The Bertz CT molecular complexity index is 960. The largest absolute Gasteiger partial charge is 0.507 e. The van der Waals surface area contributed by atoms with Gasteiger partial charge in [0.15, 0.2) is 11.3 Å². The second-order valence-corrected chi connectivity index (χ2v) is 5.66. The van der Waals surface area contributed by atoms with E-state index in [4.69, 9.17) is 4.42 Å². The Morgan fingerprint density at radius 2 is 1.78 bits per heavy atom. The summed E-state index contributed by atoms with van der Waals surface area (Å²) < 4.78 is 5.24. The highest BCUT2D eigenvalue weighted by Gasteiger charge is 2.11. The molecule has 0 aliphatic rings. The molecular weight excluding hydrogens is 290 g/mol. The van der Waals surface area contributed by atoms with Gasteiger partial charge in [0.25, 0.3) is 0 Å². The Kier molecular flexibility index (Phi) is 3.74. The van der Waals surface area contributed by atoms with Gasteiger partial charge < -0.3 is 9.52 Å². The molecule has 4 nitrogen and oxygen atoms in total. The van der Waals surface area contributed by atoms with Crippen LogP contribution in [0.3, 0.4) is 0 Å². The van der Waals surface area contributed by atoms with Crippen molar-refractivity contribution in [2.45, 2.75) is 20.8 Å². The van der Waals surface area contributed by atoms with E-state index in [-0.39, 0.29) is 11.5 Å². The van der Waals surface area contributed by atoms with Crippen molar-refractivity contribution in [2.24, 2.45) is 0 Å². The third-order valence-corrected chi connectivity index (χ3v) is 3.72. The fraction of sp³-hybridized carbons (Fsp3) is 0.158. The highest BCUT2D eigenvalue weighted by atomic mass is 16.4. The molecule has 116 valence electrons. The summed E-state index contributed by atoms with van der Waals surface area (Å²) in [5.41, 5.74) is 4.24. The van der Waals surface area contributed by atoms with Crippen molar-refractivity contribution in [3.05, 3.63) is 74.8 Å². The molecule has 0 aliphatic heterocycles. The molecule has 3 aromatic rings. The zero-order valence-electron chi connectivity index (χ0n) is 13.3. The first-order valence-electron chi connectivity index (χ1n) is 7.34. The molecule has 1 N–H and O–H groups in total. The average molecular weight is 307 g/mol. The van der Waals surface area contributed by atoms with Crippen LogP contribution in [0.25, 0.3) is 22.9 Å². The fourth-order valence-corrected chi connectivity index (χ4v) is 2.84. The van der Waals surface area contributed by atoms with E-state index in [0.717, 1.165) is 16.7 Å². The Balaban J connectivity index is 2.15. The van der Waals surface area contributed by atoms with Gasteiger partial charge in [0.05, 0.1) is 0 Å². The van der Waals surface area contributed by atoms with Crippen molar-refractivity contribution in [3.63, 3.8) is 0 Å². The number of aliphatic hydroxyl groups is 1. The summed E-state index contributed by atoms with van der Waals surface area (Å²) in [7, 11) is 0. The average Bonchev–Trinajstić information content (AvgIpc) is 2.47. The normalized spacial score (nSPS) is 11.9. The SMILES string of the molecule is Cc1cc(C)c(C(O)=Cc2nc3ccccc3oc2=O)c(C)c1. The lowest BCUT2D eigenvalue weighted by molar-refractivity contribution is 0.512. The molecule has 0 radical (unpaired) electrons. The second-order valence-electron chi connectivity index (χ2n) is 5.66. The number of aromatic nitrogens is 1. The topological polar surface area (TPSA) is 63.3 Å². The molecule has 4 heteroatoms. The maximum absolute atomic E-state index is 12.0. The van der Waals surface area contributed by atoms with E-state index in [1.165, 1.54) is 6.08 Å². The number of aliphatic hydroxyl groups excluding tert-OH is 1. The van der Waals surface area contributed by atoms with Crippen LogP contribution in [0.4, 0.5) is 0 Å². The van der Waals surface area contributed by atoms with Gasteiger partial charge in [0.2, 0.25) is 0 Å². The van der Waals surface area contributed by atoms with Crippen molar-refractivity contribution in [1.29, 1.82) is 0 Å². The standard InChI is InChI=1S/C19H17NO3/c1-11-8-12(2)18(13(3)9-11)16(21)10-15-19(22)23-17-7-5-4-6-14(17)20-15/h4-10,21H,1-3H3. The van der Waals surface area contributed by atoms with Crippen molar-refractivity contribution >= 4 is 22.9 Å². The smallest absolute Gasteiger partial charge is 0.362 e. The van der Waals surface area contributed by atoms with Gasteiger partial charge in [0, 0.05) is 11.6 Å². The van der Waals surface area contributed by atoms with E-state index >= 15 is 0 Å². The minimum Gasteiger partial charge on any atom is -0.507 e. The molecule has 23 heavy (non-hydrogen) atoms. The molecule has 0 unspecified atom stereocenters. The van der Waals surface area contributed by atoms with Crippen LogP contribution in [0.5, 0.6) is 0 Å². The molecule has 1 heterocycles. The summed E-state index contributed by atoms with van der Waals surface area (Å²) in [4.78, 5) is 16.3. The summed E-state index contributed by atoms with van der Waals surface area (Å²) >= 11 is 0. The zero-order chi connectivity index (χ0) is 16.6. The summed E-state index contributed by atoms with van der Waals surface area (Å²) in [6, 6.07) is 11.0. The maximum atomic E-state index is 12.0. The van der Waals surface area contributed by atoms with Crippen LogP contribution in [0.1, 0.15) is 27.9 Å². The molecule has 0 atom stereocenters. The van der Waals surface area contributed by atoms with Gasteiger partial charge in [-0.2, -0.15) is 0 Å². The summed E-state index contributed by atoms with van der Waals surface area (Å²) in [5.74, 6) is 0.00933. The van der Waals surface area contributed by atoms with Crippen LogP contribution >= 0.6 is 0 Å². The Morgan fingerprint density at radius 1 is 1.13 bits per heavy atom. The second kappa shape index (κ2) is 5.72. The highest BCUT2D eigenvalue weighted by molar-refractivity contribution is 5.80. The molecule has 0 aliphatic carbocycles. The minimum atomic E-state index is -0.572. The van der Waals surface area contributed by atoms with Crippen LogP contribution in [0, 0.1) is 20.8 Å². The Hall–Kier alpha value is -2.88. The van der Waals surface area contributed by atoms with Gasteiger partial charge in [-0.15, -0.1) is 0 Å². The molecule has 3 rings (SSSR count). The first-order chi connectivity index (χ1) is 11.0. The number of hydrogen-bond donors (Lipinski definition) is 1. The number of nitrogens with zero attached hydrogens (tertiary/aromatic N) is 1. The molecule has 2 aromatic carbocycles. The third kappa shape index (κ3) is 2.88. The molecule has 0 spiro atoms. The van der Waals surface area contributed by atoms with Crippen molar-refractivity contribution in [1.82, 2.24) is 4.98 Å². The first kappa shape index (κ1) is 15.0. The number of rotatable bonds is 2. The maximum Gasteiger partial charge on any atom is 0.362 e. The fourth-order valence-electron chi connectivity index (χ4n) is 2.84. The lowest BCUT2D eigenvalue weighted by Gasteiger charge is -2.10. The van der Waals surface area contributed by atoms with Gasteiger partial charge in [-0.25, -0.2) is 9.78 Å². The van der Waals surface area contributed by atoms with E-state index < -0.39 is 5.63 Å². The monoisotopic (exact) mass is 307 g/mol. The number of aryl methyl sites for hydroxylation is 3. The van der Waals surface area contributed by atoms with E-state index in [2.05, 4.69) is 4.98 Å². The molecule has 0 saturated heterocycles. The van der Waals surface area contributed by atoms with Gasteiger partial charge >= 0.3 is 5.63 Å². The number of benzene rings is 2. The van der Waals surface area contributed by atoms with E-state index in [9.17, 15) is 9.90 Å². The predicted molar refractivity (Wildman–Crippen MR) is 91.4 cm³/mol. The van der Waals surface area contributed by atoms with Crippen LogP contribution in [-0.4, -0.2) is 10.1 Å². The molecule has 0 saturated carbocycles. The van der Waals surface area contributed by atoms with Gasteiger partial charge in [-0.1, -0.05) is 29.8 Å². The van der Waals surface area contributed by atoms with E-state index in [0.29, 0.717) is 16.7 Å². The van der Waals surface area contributed by atoms with Crippen LogP contribution in [0.2, 0.25) is 0 Å². The number of hydrogen-bond acceptors (Lipinski definition) is 4. The van der Waals surface area contributed by atoms with Crippen LogP contribution in [-0.2, 0) is 0 Å². The lowest BCUT2D eigenvalue weighted by atomic mass is 9.98. The lowest BCUT2D eigenvalue weighted by Crippen LogP contribution is -2.07. The van der Waals surface area contributed by atoms with Crippen LogP contribution < -0.4 is 5.63 Å². The summed E-state index contributed by atoms with van der Waals surface area (Å²) in [6.45, 7) is 5.86. The number of para-hydroxylation sites is 2. The van der Waals surface area contributed by atoms with Crippen molar-refractivity contribution < 1.29 is 9.52 Å². The molecule has 0 bridgehead atoms. The highest BCUT2D eigenvalue weighted by Crippen LogP contribution is 2.24. The van der Waals surface area contributed by atoms with Gasteiger partial charge in [-0.3, -0.25) is 0 Å². The quantitative estimate of drug-likeness (QED) is 0.722. The summed E-state index contributed by atoms with van der Waals surface area (Å²) in [6.07, 6.45) is 1.36. The Morgan fingerprint density at radius 3 is 2.48 bits per heavy atom. The van der Waals surface area contributed by atoms with Crippen LogP contribution in [0.15, 0.2) is 45.6 Å². The van der Waals surface area contributed by atoms with Gasteiger partial charge in [0.1, 0.15) is 11.3 Å².